The smallest absolute Gasteiger partial charge is 0.313 e. The van der Waals surface area contributed by atoms with E-state index in [-0.39, 0.29) is 25.0 Å². The van der Waals surface area contributed by atoms with Crippen LogP contribution in [0.2, 0.25) is 0 Å². The Balaban J connectivity index is 1.77. The lowest BCUT2D eigenvalue weighted by Gasteiger charge is -2.16. The van der Waals surface area contributed by atoms with Gasteiger partial charge in [-0.25, -0.2) is 4.68 Å². The summed E-state index contributed by atoms with van der Waals surface area (Å²) >= 11 is 0. The van der Waals surface area contributed by atoms with Crippen LogP contribution in [0.5, 0.6) is 0 Å². The summed E-state index contributed by atoms with van der Waals surface area (Å²) in [4.78, 5) is 35.1. The van der Waals surface area contributed by atoms with Gasteiger partial charge in [-0.05, 0) is 32.9 Å². The number of ether oxygens (including phenoxy) is 1. The summed E-state index contributed by atoms with van der Waals surface area (Å²) in [6.07, 6.45) is 4.30. The van der Waals surface area contributed by atoms with E-state index in [1.807, 2.05) is 0 Å². The van der Waals surface area contributed by atoms with Crippen LogP contribution in [0.4, 0.5) is 5.69 Å². The average Bonchev–Trinajstić information content (AvgIpc) is 3.21. The first-order chi connectivity index (χ1) is 11.8. The number of esters is 1. The number of hydrogen-bond donors (Lipinski definition) is 2. The van der Waals surface area contributed by atoms with Crippen LogP contribution in [0.1, 0.15) is 31.3 Å². The van der Waals surface area contributed by atoms with Gasteiger partial charge in [0, 0.05) is 0 Å². The summed E-state index contributed by atoms with van der Waals surface area (Å²) in [5.74, 6) is -1.13. The zero-order valence-electron chi connectivity index (χ0n) is 14.2. The van der Waals surface area contributed by atoms with Gasteiger partial charge in [0.05, 0.1) is 36.3 Å². The number of aromatic nitrogens is 2. The molecule has 0 aliphatic heterocycles. The molecule has 0 atom stereocenters. The molecule has 134 valence electrons. The molecular formula is C16H20N4O5. The predicted octanol–water partition coefficient (Wildman–Crippen LogP) is 1.39. The summed E-state index contributed by atoms with van der Waals surface area (Å²) < 4.78 is 11.4. The van der Waals surface area contributed by atoms with Gasteiger partial charge in [-0.15, -0.1) is 0 Å². The summed E-state index contributed by atoms with van der Waals surface area (Å²) in [5.41, 5.74) is -0.180. The minimum atomic E-state index is -0.601. The molecular weight excluding hydrogens is 328 g/mol. The first-order valence-electron chi connectivity index (χ1n) is 7.57. The highest BCUT2D eigenvalue weighted by Gasteiger charge is 2.23. The second kappa shape index (κ2) is 7.65. The third-order valence-electron chi connectivity index (χ3n) is 3.01. The van der Waals surface area contributed by atoms with E-state index in [1.165, 1.54) is 29.4 Å². The summed E-state index contributed by atoms with van der Waals surface area (Å²) in [6, 6.07) is 3.08. The van der Waals surface area contributed by atoms with Gasteiger partial charge in [0.15, 0.2) is 12.5 Å². The highest BCUT2D eigenvalue weighted by molar-refractivity contribution is 5.97. The van der Waals surface area contributed by atoms with Crippen molar-refractivity contribution >= 4 is 23.5 Å². The minimum Gasteiger partial charge on any atom is -0.459 e. The number of amides is 2. The number of hydrogen-bond acceptors (Lipinski definition) is 6. The second-order valence-corrected chi connectivity index (χ2v) is 6.29. The highest BCUT2D eigenvalue weighted by atomic mass is 16.5. The van der Waals surface area contributed by atoms with Crippen molar-refractivity contribution < 1.29 is 23.5 Å². The Morgan fingerprint density at radius 2 is 2.08 bits per heavy atom. The van der Waals surface area contributed by atoms with Crippen molar-refractivity contribution in [1.82, 2.24) is 15.1 Å². The Kier molecular flexibility index (Phi) is 5.58. The topological polar surface area (TPSA) is 115 Å². The molecule has 2 amide bonds. The molecule has 0 unspecified atom stereocenters. The monoisotopic (exact) mass is 348 g/mol. The van der Waals surface area contributed by atoms with E-state index in [4.69, 9.17) is 9.15 Å². The Hall–Kier alpha value is -3.10. The molecule has 2 aromatic rings. The predicted molar refractivity (Wildman–Crippen MR) is 87.4 cm³/mol. The van der Waals surface area contributed by atoms with Crippen LogP contribution < -0.4 is 10.6 Å². The molecule has 0 aliphatic rings. The van der Waals surface area contributed by atoms with Crippen molar-refractivity contribution in [1.29, 1.82) is 0 Å². The van der Waals surface area contributed by atoms with Gasteiger partial charge in [0.2, 0.25) is 5.91 Å². The van der Waals surface area contributed by atoms with Gasteiger partial charge in [-0.1, -0.05) is 0 Å². The number of nitrogens with zero attached hydrogens (tertiary/aromatic N) is 2. The average molecular weight is 348 g/mol. The summed E-state index contributed by atoms with van der Waals surface area (Å²) in [7, 11) is 0. The second-order valence-electron chi connectivity index (χ2n) is 6.29. The first kappa shape index (κ1) is 18.2. The molecule has 2 aromatic heterocycles. The molecule has 0 aromatic carbocycles. The Morgan fingerprint density at radius 3 is 2.72 bits per heavy atom. The van der Waals surface area contributed by atoms with Gasteiger partial charge >= 0.3 is 5.97 Å². The normalized spacial score (nSPS) is 11.0. The molecule has 9 nitrogen and oxygen atoms in total. The van der Waals surface area contributed by atoms with E-state index in [1.54, 1.807) is 26.8 Å². The Morgan fingerprint density at radius 1 is 1.32 bits per heavy atom. The molecule has 0 saturated carbocycles. The summed E-state index contributed by atoms with van der Waals surface area (Å²) in [6.45, 7) is 4.98. The van der Waals surface area contributed by atoms with E-state index >= 15 is 0 Å². The third kappa shape index (κ3) is 5.48. The summed E-state index contributed by atoms with van der Waals surface area (Å²) in [5, 5.41) is 8.98. The van der Waals surface area contributed by atoms with Crippen molar-refractivity contribution in [2.45, 2.75) is 27.5 Å². The zero-order valence-corrected chi connectivity index (χ0v) is 14.2. The maximum atomic E-state index is 11.8. The standard InChI is InChI=1S/C16H20N4O5/c1-16(2,3)15(23)25-10-20-9-11(7-18-20)19-13(21)8-17-14(22)12-5-4-6-24-12/h4-7,9H,8,10H2,1-3H3,(H,17,22)(H,19,21). The van der Waals surface area contributed by atoms with Crippen molar-refractivity contribution in [3.63, 3.8) is 0 Å². The van der Waals surface area contributed by atoms with Crippen LogP contribution in [0.25, 0.3) is 0 Å². The van der Waals surface area contributed by atoms with E-state index in [2.05, 4.69) is 15.7 Å². The highest BCUT2D eigenvalue weighted by Crippen LogP contribution is 2.15. The molecule has 2 heterocycles. The fourth-order valence-electron chi connectivity index (χ4n) is 1.70. The fourth-order valence-corrected chi connectivity index (χ4v) is 1.70. The van der Waals surface area contributed by atoms with Crippen LogP contribution in [0.3, 0.4) is 0 Å². The van der Waals surface area contributed by atoms with Gasteiger partial charge < -0.3 is 19.8 Å². The van der Waals surface area contributed by atoms with Gasteiger partial charge in [0.25, 0.3) is 5.91 Å². The molecule has 0 spiro atoms. The van der Waals surface area contributed by atoms with Crippen LogP contribution in [0.15, 0.2) is 35.2 Å². The number of furan rings is 1. The molecule has 25 heavy (non-hydrogen) atoms. The third-order valence-corrected chi connectivity index (χ3v) is 3.01. The maximum Gasteiger partial charge on any atom is 0.313 e. The zero-order chi connectivity index (χ0) is 18.4. The molecule has 9 heteroatoms. The lowest BCUT2D eigenvalue weighted by molar-refractivity contribution is -0.157. The number of anilines is 1. The Bertz CT molecular complexity index is 743. The maximum absolute atomic E-state index is 11.8. The lowest BCUT2D eigenvalue weighted by atomic mass is 9.98. The number of carbonyl (C=O) groups excluding carboxylic acids is 3. The van der Waals surface area contributed by atoms with Crippen LogP contribution in [-0.2, 0) is 21.1 Å². The molecule has 0 radical (unpaired) electrons. The van der Waals surface area contributed by atoms with Crippen LogP contribution in [-0.4, -0.2) is 34.1 Å². The minimum absolute atomic E-state index is 0.0544. The number of rotatable bonds is 6. The van der Waals surface area contributed by atoms with Gasteiger partial charge in [0.1, 0.15) is 0 Å². The SMILES string of the molecule is CC(C)(C)C(=O)OCn1cc(NC(=O)CNC(=O)c2ccco2)cn1. The molecule has 0 saturated heterocycles. The quantitative estimate of drug-likeness (QED) is 0.762. The molecule has 2 N–H and O–H groups in total. The Labute approximate surface area is 144 Å². The number of nitrogens with one attached hydrogen (secondary N) is 2. The van der Waals surface area contributed by atoms with Crippen molar-refractivity contribution in [3.05, 3.63) is 36.5 Å². The molecule has 0 fully saturated rings. The molecule has 0 aliphatic carbocycles. The van der Waals surface area contributed by atoms with Crippen LogP contribution >= 0.6 is 0 Å². The van der Waals surface area contributed by atoms with Gasteiger partial charge in [-0.3, -0.25) is 14.4 Å². The van der Waals surface area contributed by atoms with Crippen LogP contribution in [0, 0.1) is 5.41 Å². The van der Waals surface area contributed by atoms with E-state index in [0.717, 1.165) is 0 Å². The van der Waals surface area contributed by atoms with Crippen molar-refractivity contribution in [3.8, 4) is 0 Å². The number of carbonyl (C=O) groups is 3. The van der Waals surface area contributed by atoms with Crippen molar-refractivity contribution in [2.75, 3.05) is 11.9 Å². The van der Waals surface area contributed by atoms with E-state index in [9.17, 15) is 14.4 Å². The van der Waals surface area contributed by atoms with E-state index in [0.29, 0.717) is 5.69 Å². The van der Waals surface area contributed by atoms with Gasteiger partial charge in [-0.2, -0.15) is 5.10 Å². The van der Waals surface area contributed by atoms with Crippen molar-refractivity contribution in [2.24, 2.45) is 5.41 Å². The molecule has 0 bridgehead atoms. The first-order valence-corrected chi connectivity index (χ1v) is 7.57. The molecule has 2 rings (SSSR count). The fraction of sp³-hybridized carbons (Fsp3) is 0.375. The largest absolute Gasteiger partial charge is 0.459 e. The lowest BCUT2D eigenvalue weighted by Crippen LogP contribution is -2.32. The van der Waals surface area contributed by atoms with E-state index < -0.39 is 17.2 Å².